The van der Waals surface area contributed by atoms with Crippen LogP contribution in [0.5, 0.6) is 0 Å². The molecule has 0 fully saturated rings. The lowest BCUT2D eigenvalue weighted by Crippen LogP contribution is -2.10. The molecule has 0 radical (unpaired) electrons. The highest BCUT2D eigenvalue weighted by Gasteiger charge is 2.26. The highest BCUT2D eigenvalue weighted by molar-refractivity contribution is 5.89. The molecule has 0 spiro atoms. The van der Waals surface area contributed by atoms with Gasteiger partial charge in [0, 0.05) is 11.3 Å². The summed E-state index contributed by atoms with van der Waals surface area (Å²) in [7, 11) is 0. The van der Waals surface area contributed by atoms with E-state index in [4.69, 9.17) is 4.74 Å². The molecule has 104 valence electrons. The van der Waals surface area contributed by atoms with Gasteiger partial charge in [0.05, 0.1) is 12.3 Å². The van der Waals surface area contributed by atoms with E-state index in [9.17, 15) is 4.79 Å². The van der Waals surface area contributed by atoms with E-state index in [1.54, 1.807) is 0 Å². The van der Waals surface area contributed by atoms with Crippen molar-refractivity contribution in [2.45, 2.75) is 32.6 Å². The van der Waals surface area contributed by atoms with Crippen LogP contribution in [0, 0.1) is 0 Å². The van der Waals surface area contributed by atoms with Crippen LogP contribution in [0.3, 0.4) is 0 Å². The third kappa shape index (κ3) is 2.22. The molecule has 1 aromatic heterocycles. The zero-order chi connectivity index (χ0) is 13.9. The SMILES string of the molecule is CCOC(=O)c1nn(-c2ccccc2)c2c1CCCC2. The average Bonchev–Trinajstić information content (AvgIpc) is 2.88. The van der Waals surface area contributed by atoms with Gasteiger partial charge in [-0.05, 0) is 44.7 Å². The number of carbonyl (C=O) groups excluding carboxylic acids is 1. The maximum absolute atomic E-state index is 12.1. The molecule has 4 heteroatoms. The van der Waals surface area contributed by atoms with E-state index in [1.807, 2.05) is 41.9 Å². The first-order valence-corrected chi connectivity index (χ1v) is 7.14. The Bertz CT molecular complexity index is 617. The van der Waals surface area contributed by atoms with Gasteiger partial charge >= 0.3 is 5.97 Å². The Kier molecular flexibility index (Phi) is 3.54. The lowest BCUT2D eigenvalue weighted by Gasteiger charge is -2.14. The molecule has 0 atom stereocenters. The first-order chi connectivity index (χ1) is 9.81. The highest BCUT2D eigenvalue weighted by Crippen LogP contribution is 2.27. The predicted octanol–water partition coefficient (Wildman–Crippen LogP) is 2.93. The number of hydrogen-bond acceptors (Lipinski definition) is 3. The minimum atomic E-state index is -0.305. The molecule has 0 aliphatic heterocycles. The maximum Gasteiger partial charge on any atom is 0.359 e. The maximum atomic E-state index is 12.1. The summed E-state index contributed by atoms with van der Waals surface area (Å²) in [5.41, 5.74) is 3.72. The summed E-state index contributed by atoms with van der Waals surface area (Å²) in [4.78, 5) is 12.1. The van der Waals surface area contributed by atoms with Gasteiger partial charge in [-0.3, -0.25) is 0 Å². The van der Waals surface area contributed by atoms with Gasteiger partial charge in [-0.2, -0.15) is 5.10 Å². The number of ether oxygens (including phenoxy) is 1. The standard InChI is InChI=1S/C16H18N2O2/c1-2-20-16(19)15-13-10-6-7-11-14(13)18(17-15)12-8-4-3-5-9-12/h3-5,8-9H,2,6-7,10-11H2,1H3. The minimum Gasteiger partial charge on any atom is -0.461 e. The van der Waals surface area contributed by atoms with E-state index in [2.05, 4.69) is 5.10 Å². The number of carbonyl (C=O) groups is 1. The Labute approximate surface area is 118 Å². The van der Waals surface area contributed by atoms with E-state index in [0.29, 0.717) is 12.3 Å². The topological polar surface area (TPSA) is 44.1 Å². The number of hydrogen-bond donors (Lipinski definition) is 0. The third-order valence-electron chi connectivity index (χ3n) is 3.65. The molecule has 0 bridgehead atoms. The molecule has 0 amide bonds. The smallest absolute Gasteiger partial charge is 0.359 e. The molecule has 3 rings (SSSR count). The number of nitrogens with zero attached hydrogens (tertiary/aromatic N) is 2. The molecule has 0 unspecified atom stereocenters. The van der Waals surface area contributed by atoms with Crippen LogP contribution in [0.1, 0.15) is 41.5 Å². The van der Waals surface area contributed by atoms with Gasteiger partial charge < -0.3 is 4.74 Å². The van der Waals surface area contributed by atoms with Crippen molar-refractivity contribution in [2.75, 3.05) is 6.61 Å². The van der Waals surface area contributed by atoms with Crippen molar-refractivity contribution in [1.29, 1.82) is 0 Å². The second-order valence-electron chi connectivity index (χ2n) is 4.95. The van der Waals surface area contributed by atoms with E-state index in [-0.39, 0.29) is 5.97 Å². The Hall–Kier alpha value is -2.10. The van der Waals surface area contributed by atoms with Gasteiger partial charge in [0.15, 0.2) is 5.69 Å². The summed E-state index contributed by atoms with van der Waals surface area (Å²) in [5.74, 6) is -0.305. The molecule has 2 aromatic rings. The van der Waals surface area contributed by atoms with Gasteiger partial charge in [0.2, 0.25) is 0 Å². The van der Waals surface area contributed by atoms with Gasteiger partial charge in [-0.1, -0.05) is 18.2 Å². The normalized spacial score (nSPS) is 13.8. The van der Waals surface area contributed by atoms with Gasteiger partial charge in [0.1, 0.15) is 0 Å². The number of para-hydroxylation sites is 1. The van der Waals surface area contributed by atoms with Crippen LogP contribution < -0.4 is 0 Å². The molecule has 1 heterocycles. The van der Waals surface area contributed by atoms with Crippen LogP contribution in [0.25, 0.3) is 5.69 Å². The van der Waals surface area contributed by atoms with Crippen molar-refractivity contribution in [3.8, 4) is 5.69 Å². The van der Waals surface area contributed by atoms with Crippen LogP contribution in [0.15, 0.2) is 30.3 Å². The van der Waals surface area contributed by atoms with Crippen molar-refractivity contribution < 1.29 is 9.53 Å². The van der Waals surface area contributed by atoms with Crippen LogP contribution in [0.4, 0.5) is 0 Å². The largest absolute Gasteiger partial charge is 0.461 e. The van der Waals surface area contributed by atoms with E-state index in [1.165, 1.54) is 0 Å². The van der Waals surface area contributed by atoms with Crippen molar-refractivity contribution in [3.05, 3.63) is 47.3 Å². The molecule has 1 aromatic carbocycles. The van der Waals surface area contributed by atoms with Crippen molar-refractivity contribution in [1.82, 2.24) is 9.78 Å². The fourth-order valence-corrected chi connectivity index (χ4v) is 2.75. The number of benzene rings is 1. The van der Waals surface area contributed by atoms with E-state index < -0.39 is 0 Å². The Balaban J connectivity index is 2.09. The van der Waals surface area contributed by atoms with Crippen molar-refractivity contribution in [3.63, 3.8) is 0 Å². The summed E-state index contributed by atoms with van der Waals surface area (Å²) in [5, 5.41) is 4.52. The van der Waals surface area contributed by atoms with E-state index in [0.717, 1.165) is 42.6 Å². The highest BCUT2D eigenvalue weighted by atomic mass is 16.5. The quantitative estimate of drug-likeness (QED) is 0.805. The first kappa shape index (κ1) is 12.9. The van der Waals surface area contributed by atoms with Crippen LogP contribution in [-0.4, -0.2) is 22.4 Å². The van der Waals surface area contributed by atoms with Crippen molar-refractivity contribution >= 4 is 5.97 Å². The summed E-state index contributed by atoms with van der Waals surface area (Å²) in [6.07, 6.45) is 4.14. The Morgan fingerprint density at radius 3 is 2.75 bits per heavy atom. The molecule has 1 aliphatic carbocycles. The number of fused-ring (bicyclic) bond motifs is 1. The Morgan fingerprint density at radius 2 is 2.00 bits per heavy atom. The Morgan fingerprint density at radius 1 is 1.25 bits per heavy atom. The minimum absolute atomic E-state index is 0.305. The average molecular weight is 270 g/mol. The van der Waals surface area contributed by atoms with Crippen LogP contribution in [-0.2, 0) is 17.6 Å². The molecule has 20 heavy (non-hydrogen) atoms. The molecule has 0 saturated carbocycles. The van der Waals surface area contributed by atoms with E-state index >= 15 is 0 Å². The fraction of sp³-hybridized carbons (Fsp3) is 0.375. The summed E-state index contributed by atoms with van der Waals surface area (Å²) < 4.78 is 7.03. The molecule has 4 nitrogen and oxygen atoms in total. The second kappa shape index (κ2) is 5.49. The lowest BCUT2D eigenvalue weighted by atomic mass is 9.95. The van der Waals surface area contributed by atoms with Gasteiger partial charge in [-0.25, -0.2) is 9.48 Å². The lowest BCUT2D eigenvalue weighted by molar-refractivity contribution is 0.0517. The molecule has 1 aliphatic rings. The second-order valence-corrected chi connectivity index (χ2v) is 4.95. The molecular formula is C16H18N2O2. The van der Waals surface area contributed by atoms with Gasteiger partial charge in [0.25, 0.3) is 0 Å². The molecule has 0 saturated heterocycles. The molecular weight excluding hydrogens is 252 g/mol. The summed E-state index contributed by atoms with van der Waals surface area (Å²) in [6.45, 7) is 2.20. The zero-order valence-electron chi connectivity index (χ0n) is 11.6. The monoisotopic (exact) mass is 270 g/mol. The first-order valence-electron chi connectivity index (χ1n) is 7.14. The number of aromatic nitrogens is 2. The van der Waals surface area contributed by atoms with Crippen molar-refractivity contribution in [2.24, 2.45) is 0 Å². The number of rotatable bonds is 3. The van der Waals surface area contributed by atoms with Crippen LogP contribution >= 0.6 is 0 Å². The fourth-order valence-electron chi connectivity index (χ4n) is 2.75. The van der Waals surface area contributed by atoms with Crippen LogP contribution in [0.2, 0.25) is 0 Å². The zero-order valence-corrected chi connectivity index (χ0v) is 11.6. The third-order valence-corrected chi connectivity index (χ3v) is 3.65. The number of esters is 1. The van der Waals surface area contributed by atoms with Gasteiger partial charge in [-0.15, -0.1) is 0 Å². The molecule has 0 N–H and O–H groups in total. The summed E-state index contributed by atoms with van der Waals surface area (Å²) >= 11 is 0. The summed E-state index contributed by atoms with van der Waals surface area (Å²) in [6, 6.07) is 9.96. The predicted molar refractivity (Wildman–Crippen MR) is 76.2 cm³/mol.